The molecule has 1 aromatic carbocycles. The number of aromatic hydroxyl groups is 2. The van der Waals surface area contributed by atoms with Gasteiger partial charge in [-0.25, -0.2) is 5.43 Å². The van der Waals surface area contributed by atoms with Crippen LogP contribution in [0.25, 0.3) is 0 Å². The summed E-state index contributed by atoms with van der Waals surface area (Å²) >= 11 is 0. The molecule has 1 heterocycles. The highest BCUT2D eigenvalue weighted by Crippen LogP contribution is 2.38. The molecule has 2 amide bonds. The number of rotatable bonds is 3. The molecule has 4 N–H and O–H groups in total. The number of phenolic OH excluding ortho intramolecular Hbond substituents is 2. The van der Waals surface area contributed by atoms with Gasteiger partial charge in [-0.15, -0.1) is 0 Å². The van der Waals surface area contributed by atoms with E-state index in [1.807, 2.05) is 0 Å². The molecule has 0 spiro atoms. The van der Waals surface area contributed by atoms with E-state index in [0.717, 1.165) is 31.2 Å². The fraction of sp³-hybridized carbons (Fsp3) is 0.471. The van der Waals surface area contributed by atoms with Crippen LogP contribution >= 0.6 is 0 Å². The number of carbonyl (C=O) groups is 2. The predicted molar refractivity (Wildman–Crippen MR) is 87.7 cm³/mol. The van der Waals surface area contributed by atoms with Crippen molar-refractivity contribution in [1.82, 2.24) is 10.7 Å². The number of nitrogens with zero attached hydrogens (tertiary/aromatic N) is 1. The molecule has 7 heteroatoms. The average molecular weight is 331 g/mol. The molecule has 1 saturated carbocycles. The third-order valence-corrected chi connectivity index (χ3v) is 4.68. The van der Waals surface area contributed by atoms with Gasteiger partial charge < -0.3 is 15.5 Å². The quantitative estimate of drug-likeness (QED) is 0.672. The molecule has 0 aromatic heterocycles. The first-order valence-corrected chi connectivity index (χ1v) is 8.21. The van der Waals surface area contributed by atoms with Crippen molar-refractivity contribution in [2.45, 2.75) is 50.5 Å². The van der Waals surface area contributed by atoms with Crippen LogP contribution in [0.5, 0.6) is 11.5 Å². The van der Waals surface area contributed by atoms with E-state index in [4.69, 9.17) is 0 Å². The molecule has 0 bridgehead atoms. The minimum Gasteiger partial charge on any atom is -0.508 e. The van der Waals surface area contributed by atoms with E-state index in [0.29, 0.717) is 18.6 Å². The number of nitrogens with one attached hydrogen (secondary N) is 2. The van der Waals surface area contributed by atoms with Crippen LogP contribution in [0.15, 0.2) is 23.3 Å². The van der Waals surface area contributed by atoms with Crippen LogP contribution in [0.1, 0.15) is 50.0 Å². The summed E-state index contributed by atoms with van der Waals surface area (Å²) < 4.78 is 0. The second-order valence-corrected chi connectivity index (χ2v) is 6.36. The molecule has 1 fully saturated rings. The minimum absolute atomic E-state index is 0.0533. The van der Waals surface area contributed by atoms with Crippen molar-refractivity contribution in [3.8, 4) is 11.5 Å². The Bertz CT molecular complexity index is 678. The largest absolute Gasteiger partial charge is 0.508 e. The molecule has 24 heavy (non-hydrogen) atoms. The van der Waals surface area contributed by atoms with Crippen LogP contribution < -0.4 is 10.7 Å². The van der Waals surface area contributed by atoms with E-state index in [-0.39, 0.29) is 35.3 Å². The van der Waals surface area contributed by atoms with Gasteiger partial charge in [0.25, 0.3) is 5.91 Å². The van der Waals surface area contributed by atoms with Gasteiger partial charge in [-0.3, -0.25) is 9.59 Å². The van der Waals surface area contributed by atoms with Crippen LogP contribution in [-0.2, 0) is 9.59 Å². The number of hydrogen-bond acceptors (Lipinski definition) is 5. The van der Waals surface area contributed by atoms with Gasteiger partial charge in [-0.1, -0.05) is 6.07 Å². The Morgan fingerprint density at radius 2 is 1.92 bits per heavy atom. The van der Waals surface area contributed by atoms with Crippen LogP contribution in [0.2, 0.25) is 0 Å². The van der Waals surface area contributed by atoms with Gasteiger partial charge in [-0.05, 0) is 43.2 Å². The van der Waals surface area contributed by atoms with Crippen LogP contribution in [-0.4, -0.2) is 33.8 Å². The van der Waals surface area contributed by atoms with Gasteiger partial charge in [0.1, 0.15) is 17.2 Å². The van der Waals surface area contributed by atoms with Gasteiger partial charge in [0, 0.05) is 24.9 Å². The van der Waals surface area contributed by atoms with E-state index in [2.05, 4.69) is 15.8 Å². The highest BCUT2D eigenvalue weighted by Gasteiger charge is 2.27. The third-order valence-electron chi connectivity index (χ3n) is 4.68. The zero-order valence-electron chi connectivity index (χ0n) is 13.3. The maximum absolute atomic E-state index is 12.2. The molecule has 1 aliphatic heterocycles. The molecule has 0 radical (unpaired) electrons. The lowest BCUT2D eigenvalue weighted by molar-refractivity contribution is -0.121. The number of phenols is 2. The summed E-state index contributed by atoms with van der Waals surface area (Å²) in [7, 11) is 0. The van der Waals surface area contributed by atoms with E-state index in [1.54, 1.807) is 12.1 Å². The van der Waals surface area contributed by atoms with Crippen LogP contribution in [0, 0.1) is 0 Å². The van der Waals surface area contributed by atoms with Gasteiger partial charge in [-0.2, -0.15) is 5.10 Å². The summed E-state index contributed by atoms with van der Waals surface area (Å²) in [6.07, 6.45) is 4.00. The molecule has 0 atom stereocenters. The summed E-state index contributed by atoms with van der Waals surface area (Å²) in [6.45, 7) is 0. The molecular formula is C17H21N3O4. The Balaban J connectivity index is 1.53. The maximum Gasteiger partial charge on any atom is 0.267 e. The summed E-state index contributed by atoms with van der Waals surface area (Å²) in [5, 5.41) is 26.1. The Hall–Kier alpha value is -2.57. The Labute approximate surface area is 139 Å². The second kappa shape index (κ2) is 6.90. The van der Waals surface area contributed by atoms with Crippen molar-refractivity contribution in [3.05, 3.63) is 23.8 Å². The topological polar surface area (TPSA) is 111 Å². The number of benzene rings is 1. The molecule has 7 nitrogen and oxygen atoms in total. The minimum atomic E-state index is -0.217. The lowest BCUT2D eigenvalue weighted by Gasteiger charge is -2.30. The van der Waals surface area contributed by atoms with Crippen molar-refractivity contribution in [2.24, 2.45) is 5.10 Å². The maximum atomic E-state index is 12.2. The summed E-state index contributed by atoms with van der Waals surface area (Å²) in [5.74, 6) is 0.0177. The fourth-order valence-corrected chi connectivity index (χ4v) is 3.33. The standard InChI is InChI=1S/C17H21N3O4/c21-12-5-6-13(15(22)9-12)10-1-3-11(4-2-10)18-17(24)14-7-8-16(23)20-19-14/h5-6,9-11,21-22H,1-4,7-8H2,(H,18,24)(H,20,23). The number of carbonyl (C=O) groups excluding carboxylic acids is 2. The van der Waals surface area contributed by atoms with Crippen LogP contribution in [0.3, 0.4) is 0 Å². The molecule has 0 saturated heterocycles. The van der Waals surface area contributed by atoms with Gasteiger partial charge >= 0.3 is 0 Å². The highest BCUT2D eigenvalue weighted by molar-refractivity contribution is 6.39. The van der Waals surface area contributed by atoms with E-state index >= 15 is 0 Å². The molecule has 3 rings (SSSR count). The van der Waals surface area contributed by atoms with Crippen LogP contribution in [0.4, 0.5) is 0 Å². The normalized spacial score (nSPS) is 24.0. The van der Waals surface area contributed by atoms with Crippen molar-refractivity contribution in [2.75, 3.05) is 0 Å². The lowest BCUT2D eigenvalue weighted by atomic mass is 9.81. The zero-order chi connectivity index (χ0) is 17.1. The third kappa shape index (κ3) is 3.67. The molecule has 1 aromatic rings. The smallest absolute Gasteiger partial charge is 0.267 e. The molecular weight excluding hydrogens is 310 g/mol. The summed E-state index contributed by atoms with van der Waals surface area (Å²) in [6, 6.07) is 4.78. The first-order valence-electron chi connectivity index (χ1n) is 8.21. The monoisotopic (exact) mass is 331 g/mol. The molecule has 2 aliphatic rings. The highest BCUT2D eigenvalue weighted by atomic mass is 16.3. The number of amides is 2. The average Bonchev–Trinajstić information content (AvgIpc) is 2.56. The number of hydrazone groups is 1. The van der Waals surface area contributed by atoms with Crippen molar-refractivity contribution in [1.29, 1.82) is 0 Å². The van der Waals surface area contributed by atoms with E-state index in [1.165, 1.54) is 6.07 Å². The Kier molecular flexibility index (Phi) is 4.69. The SMILES string of the molecule is O=C1CCC(C(=O)NC2CCC(c3ccc(O)cc3O)CC2)=NN1. The molecule has 0 unspecified atom stereocenters. The summed E-state index contributed by atoms with van der Waals surface area (Å²) in [4.78, 5) is 23.2. The zero-order valence-corrected chi connectivity index (χ0v) is 13.3. The van der Waals surface area contributed by atoms with E-state index in [9.17, 15) is 19.8 Å². The second-order valence-electron chi connectivity index (χ2n) is 6.36. The van der Waals surface area contributed by atoms with E-state index < -0.39 is 0 Å². The summed E-state index contributed by atoms with van der Waals surface area (Å²) in [5.41, 5.74) is 3.54. The Morgan fingerprint density at radius 1 is 1.17 bits per heavy atom. The van der Waals surface area contributed by atoms with Crippen molar-refractivity contribution in [3.63, 3.8) is 0 Å². The van der Waals surface area contributed by atoms with Gasteiger partial charge in [0.2, 0.25) is 5.91 Å². The Morgan fingerprint density at radius 3 is 2.54 bits per heavy atom. The fourth-order valence-electron chi connectivity index (χ4n) is 3.33. The molecule has 128 valence electrons. The lowest BCUT2D eigenvalue weighted by Crippen LogP contribution is -2.43. The first kappa shape index (κ1) is 16.3. The predicted octanol–water partition coefficient (Wildman–Crippen LogP) is 1.51. The van der Waals surface area contributed by atoms with Gasteiger partial charge in [0.15, 0.2) is 0 Å². The van der Waals surface area contributed by atoms with Gasteiger partial charge in [0.05, 0.1) is 0 Å². The first-order chi connectivity index (χ1) is 11.5. The molecule has 1 aliphatic carbocycles. The van der Waals surface area contributed by atoms with Crippen molar-refractivity contribution < 1.29 is 19.8 Å². The number of hydrogen-bond donors (Lipinski definition) is 4. The van der Waals surface area contributed by atoms with Crippen molar-refractivity contribution >= 4 is 17.5 Å².